The summed E-state index contributed by atoms with van der Waals surface area (Å²) >= 11 is 0. The molecule has 224 valence electrons. The molecule has 0 heterocycles. The fourth-order valence-corrected chi connectivity index (χ4v) is 10.0. The van der Waals surface area contributed by atoms with E-state index < -0.39 is 8.07 Å². The van der Waals surface area contributed by atoms with E-state index in [0.717, 1.165) is 0 Å². The van der Waals surface area contributed by atoms with Crippen LogP contribution >= 0.6 is 0 Å². The van der Waals surface area contributed by atoms with Gasteiger partial charge in [0.1, 0.15) is 0 Å². The van der Waals surface area contributed by atoms with Crippen molar-refractivity contribution in [2.24, 2.45) is 0 Å². The fraction of sp³-hybridized carbons (Fsp3) is 1.00. The molecule has 0 nitrogen and oxygen atoms in total. The lowest BCUT2D eigenvalue weighted by Crippen LogP contribution is -2.30. The van der Waals surface area contributed by atoms with Gasteiger partial charge in [-0.25, -0.2) is 0 Å². The van der Waals surface area contributed by atoms with E-state index in [1.807, 2.05) is 0 Å². The summed E-state index contributed by atoms with van der Waals surface area (Å²) in [5, 5.41) is 0. The predicted octanol–water partition coefficient (Wildman–Crippen LogP) is 14.4. The Kier molecular flexibility index (Phi) is 30.9. The van der Waals surface area contributed by atoms with Gasteiger partial charge in [0.25, 0.3) is 0 Å². The molecule has 0 saturated heterocycles. The van der Waals surface area contributed by atoms with Crippen LogP contribution in [0, 0.1) is 0 Å². The third-order valence-electron chi connectivity index (χ3n) is 9.81. The first kappa shape index (κ1) is 37.2. The highest BCUT2D eigenvalue weighted by molar-refractivity contribution is 6.79. The monoisotopic (exact) mass is 537 g/mol. The molecule has 0 saturated carbocycles. The fourth-order valence-electron chi connectivity index (χ4n) is 6.45. The first-order valence-electron chi connectivity index (χ1n) is 18.2. The van der Waals surface area contributed by atoms with Crippen LogP contribution < -0.4 is 0 Å². The highest BCUT2D eigenvalue weighted by Gasteiger charge is 2.25. The second-order valence-electron chi connectivity index (χ2n) is 12.9. The van der Waals surface area contributed by atoms with Gasteiger partial charge in [-0.15, -0.1) is 0 Å². The number of hydrogen-bond donors (Lipinski definition) is 0. The molecule has 0 N–H and O–H groups in total. The zero-order valence-electron chi connectivity index (χ0n) is 27.1. The minimum absolute atomic E-state index is 0.839. The van der Waals surface area contributed by atoms with Gasteiger partial charge in [-0.2, -0.15) is 0 Å². The summed E-state index contributed by atoms with van der Waals surface area (Å²) in [6, 6.07) is 6.15. The predicted molar refractivity (Wildman–Crippen MR) is 177 cm³/mol. The Balaban J connectivity index is 3.13. The van der Waals surface area contributed by atoms with E-state index in [9.17, 15) is 0 Å². The van der Waals surface area contributed by atoms with Gasteiger partial charge in [-0.05, 0) is 0 Å². The van der Waals surface area contributed by atoms with E-state index in [0.29, 0.717) is 0 Å². The second kappa shape index (κ2) is 30.8. The third-order valence-corrected chi connectivity index (χ3v) is 15.7. The maximum atomic E-state index is 2.46. The summed E-state index contributed by atoms with van der Waals surface area (Å²) in [7, 11) is -0.839. The maximum Gasteiger partial charge on any atom is 0.0527 e. The van der Waals surface area contributed by atoms with Crippen LogP contribution in [0.5, 0.6) is 0 Å². The number of hydrogen-bond acceptors (Lipinski definition) is 0. The molecule has 0 aliphatic rings. The summed E-state index contributed by atoms with van der Waals surface area (Å²) in [6.07, 6.45) is 41.7. The number of unbranched alkanes of at least 4 members (excludes halogenated alkanes) is 27. The largest absolute Gasteiger partial charge is 0.0678 e. The third kappa shape index (κ3) is 26.2. The molecule has 0 aromatic carbocycles. The quantitative estimate of drug-likeness (QED) is 0.0592. The lowest BCUT2D eigenvalue weighted by Gasteiger charge is -2.28. The summed E-state index contributed by atoms with van der Waals surface area (Å²) in [5.41, 5.74) is 0. The lowest BCUT2D eigenvalue weighted by molar-refractivity contribution is 0.514. The van der Waals surface area contributed by atoms with Crippen molar-refractivity contribution < 1.29 is 0 Å². The van der Waals surface area contributed by atoms with Crippen molar-refractivity contribution in [2.45, 2.75) is 232 Å². The van der Waals surface area contributed by atoms with Crippen LogP contribution in [0.25, 0.3) is 0 Å². The Hall–Kier alpha value is 0.217. The Morgan fingerprint density at radius 2 is 0.432 bits per heavy atom. The molecule has 0 rings (SSSR count). The van der Waals surface area contributed by atoms with Crippen molar-refractivity contribution in [1.29, 1.82) is 0 Å². The molecule has 0 aliphatic carbocycles. The standard InChI is InChI=1S/C36H76Si/c1-5-9-10-11-12-13-14-15-16-17-18-19-20-21-22-23-24-25-26-27-28-29-30-31-32-33-34-35-36-37(6-2,7-3)8-4/h5-36H2,1-4H3. The van der Waals surface area contributed by atoms with Gasteiger partial charge in [0.05, 0.1) is 8.07 Å². The molecule has 0 radical (unpaired) electrons. The van der Waals surface area contributed by atoms with Crippen molar-refractivity contribution in [1.82, 2.24) is 0 Å². The molecule has 0 spiro atoms. The first-order chi connectivity index (χ1) is 18.2. The normalized spacial score (nSPS) is 12.0. The molecule has 0 amide bonds. The summed E-state index contributed by atoms with van der Waals surface area (Å²) in [6.45, 7) is 9.69. The maximum absolute atomic E-state index is 2.46. The van der Waals surface area contributed by atoms with E-state index in [1.54, 1.807) is 6.04 Å². The van der Waals surface area contributed by atoms with Crippen LogP contribution in [0.3, 0.4) is 0 Å². The van der Waals surface area contributed by atoms with Crippen LogP contribution in [0.4, 0.5) is 0 Å². The Labute approximate surface area is 239 Å². The van der Waals surface area contributed by atoms with E-state index in [4.69, 9.17) is 0 Å². The first-order valence-corrected chi connectivity index (χ1v) is 21.1. The average molecular weight is 537 g/mol. The summed E-state index contributed by atoms with van der Waals surface area (Å²) in [4.78, 5) is 0. The number of rotatable bonds is 32. The molecule has 0 unspecified atom stereocenters. The van der Waals surface area contributed by atoms with Crippen LogP contribution in [0.1, 0.15) is 207 Å². The van der Waals surface area contributed by atoms with Crippen LogP contribution in [0.2, 0.25) is 24.2 Å². The molecular weight excluding hydrogens is 460 g/mol. The van der Waals surface area contributed by atoms with Gasteiger partial charge in [0.15, 0.2) is 0 Å². The zero-order chi connectivity index (χ0) is 27.1. The topological polar surface area (TPSA) is 0 Å². The molecule has 0 aromatic heterocycles. The van der Waals surface area contributed by atoms with Crippen molar-refractivity contribution in [2.75, 3.05) is 0 Å². The van der Waals surface area contributed by atoms with Crippen LogP contribution in [-0.4, -0.2) is 8.07 Å². The van der Waals surface area contributed by atoms with Crippen LogP contribution in [0.15, 0.2) is 0 Å². The van der Waals surface area contributed by atoms with Gasteiger partial charge in [-0.3, -0.25) is 0 Å². The van der Waals surface area contributed by atoms with E-state index >= 15 is 0 Å². The Morgan fingerprint density at radius 1 is 0.243 bits per heavy atom. The molecule has 1 heteroatoms. The van der Waals surface area contributed by atoms with Gasteiger partial charge in [0.2, 0.25) is 0 Å². The minimum Gasteiger partial charge on any atom is -0.0678 e. The molecule has 37 heavy (non-hydrogen) atoms. The lowest BCUT2D eigenvalue weighted by atomic mass is 10.0. The zero-order valence-corrected chi connectivity index (χ0v) is 28.1. The van der Waals surface area contributed by atoms with Crippen LogP contribution in [-0.2, 0) is 0 Å². The van der Waals surface area contributed by atoms with Crippen molar-refractivity contribution >= 4 is 8.07 Å². The van der Waals surface area contributed by atoms with Crippen molar-refractivity contribution in [3.8, 4) is 0 Å². The SMILES string of the molecule is CCCCCCCCCCCCCCCCCCCCCCCCCCCCCC[Si](CC)(CC)CC. The van der Waals surface area contributed by atoms with E-state index in [1.165, 1.54) is 198 Å². The molecule has 0 bridgehead atoms. The van der Waals surface area contributed by atoms with E-state index in [-0.39, 0.29) is 0 Å². The highest BCUT2D eigenvalue weighted by atomic mass is 28.3. The van der Waals surface area contributed by atoms with Crippen molar-refractivity contribution in [3.05, 3.63) is 0 Å². The van der Waals surface area contributed by atoms with Crippen molar-refractivity contribution in [3.63, 3.8) is 0 Å². The smallest absolute Gasteiger partial charge is 0.0527 e. The molecule has 0 aromatic rings. The average Bonchev–Trinajstić information content (AvgIpc) is 2.92. The molecule has 0 fully saturated rings. The van der Waals surface area contributed by atoms with Gasteiger partial charge >= 0.3 is 0 Å². The van der Waals surface area contributed by atoms with Gasteiger partial charge in [-0.1, -0.05) is 232 Å². The molecule has 0 atom stereocenters. The summed E-state index contributed by atoms with van der Waals surface area (Å²) < 4.78 is 0. The summed E-state index contributed by atoms with van der Waals surface area (Å²) in [5.74, 6) is 0. The van der Waals surface area contributed by atoms with Gasteiger partial charge in [0, 0.05) is 0 Å². The highest BCUT2D eigenvalue weighted by Crippen LogP contribution is 2.27. The van der Waals surface area contributed by atoms with E-state index in [2.05, 4.69) is 27.7 Å². The van der Waals surface area contributed by atoms with Gasteiger partial charge < -0.3 is 0 Å². The second-order valence-corrected chi connectivity index (χ2v) is 18.5. The molecular formula is C36H76Si. The Bertz CT molecular complexity index is 391. The minimum atomic E-state index is -0.839. The Morgan fingerprint density at radius 3 is 0.622 bits per heavy atom. The molecule has 0 aliphatic heterocycles.